The van der Waals surface area contributed by atoms with Crippen LogP contribution in [0.5, 0.6) is 0 Å². The molecule has 1 heterocycles. The summed E-state index contributed by atoms with van der Waals surface area (Å²) in [5, 5.41) is 6.17. The minimum atomic E-state index is -0.398. The van der Waals surface area contributed by atoms with E-state index in [1.54, 1.807) is 0 Å². The van der Waals surface area contributed by atoms with E-state index < -0.39 is 5.60 Å². The van der Waals surface area contributed by atoms with Gasteiger partial charge < -0.3 is 15.4 Å². The molecule has 1 saturated heterocycles. The van der Waals surface area contributed by atoms with Crippen molar-refractivity contribution < 1.29 is 9.53 Å². The summed E-state index contributed by atoms with van der Waals surface area (Å²) in [6.07, 6.45) is -0.291. The van der Waals surface area contributed by atoms with E-state index >= 15 is 0 Å². The standard InChI is InChI=1S/C11H20N2O2/c1-11(2,3)15-10(14)13-6-9-7-4-12-5-8(7)9/h7-9,12H,4-6H2,1-3H3,(H,13,14)/t7-,8+,9+. The number of ether oxygens (including phenoxy) is 1. The molecule has 86 valence electrons. The zero-order valence-corrected chi connectivity index (χ0v) is 9.67. The maximum Gasteiger partial charge on any atom is 0.407 e. The van der Waals surface area contributed by atoms with Gasteiger partial charge in [-0.1, -0.05) is 0 Å². The van der Waals surface area contributed by atoms with Crippen molar-refractivity contribution in [2.24, 2.45) is 17.8 Å². The number of carbonyl (C=O) groups excluding carboxylic acids is 1. The van der Waals surface area contributed by atoms with Gasteiger partial charge in [-0.25, -0.2) is 4.79 Å². The first-order valence-electron chi connectivity index (χ1n) is 5.65. The summed E-state index contributed by atoms with van der Waals surface area (Å²) in [5.41, 5.74) is -0.398. The monoisotopic (exact) mass is 212 g/mol. The molecule has 1 aliphatic heterocycles. The molecule has 4 heteroatoms. The van der Waals surface area contributed by atoms with Crippen molar-refractivity contribution in [3.8, 4) is 0 Å². The Balaban J connectivity index is 1.64. The number of hydrogen-bond donors (Lipinski definition) is 2. The fourth-order valence-corrected chi connectivity index (χ4v) is 2.36. The number of carbonyl (C=O) groups is 1. The van der Waals surface area contributed by atoms with Crippen molar-refractivity contribution in [3.63, 3.8) is 0 Å². The van der Waals surface area contributed by atoms with Crippen LogP contribution in [0.3, 0.4) is 0 Å². The molecular weight excluding hydrogens is 192 g/mol. The molecule has 0 spiro atoms. The van der Waals surface area contributed by atoms with Gasteiger partial charge in [0.05, 0.1) is 0 Å². The van der Waals surface area contributed by atoms with Gasteiger partial charge in [-0.3, -0.25) is 0 Å². The van der Waals surface area contributed by atoms with Gasteiger partial charge >= 0.3 is 6.09 Å². The summed E-state index contributed by atoms with van der Waals surface area (Å²) in [6.45, 7) is 8.63. The Bertz CT molecular complexity index is 250. The van der Waals surface area contributed by atoms with Crippen LogP contribution < -0.4 is 10.6 Å². The van der Waals surface area contributed by atoms with E-state index in [-0.39, 0.29) is 6.09 Å². The van der Waals surface area contributed by atoms with Crippen molar-refractivity contribution in [2.75, 3.05) is 19.6 Å². The van der Waals surface area contributed by atoms with Crippen LogP contribution in [0.1, 0.15) is 20.8 Å². The average Bonchev–Trinajstić information content (AvgIpc) is 2.55. The maximum absolute atomic E-state index is 11.4. The molecule has 2 aliphatic rings. The van der Waals surface area contributed by atoms with Crippen LogP contribution in [-0.4, -0.2) is 31.3 Å². The quantitative estimate of drug-likeness (QED) is 0.717. The summed E-state index contributed by atoms with van der Waals surface area (Å²) in [5.74, 6) is 2.26. The number of alkyl carbamates (subject to hydrolysis) is 1. The lowest BCUT2D eigenvalue weighted by atomic mass is 10.2. The molecule has 15 heavy (non-hydrogen) atoms. The minimum absolute atomic E-state index is 0.291. The molecule has 3 atom stereocenters. The van der Waals surface area contributed by atoms with Crippen LogP contribution >= 0.6 is 0 Å². The Kier molecular flexibility index (Phi) is 2.63. The molecule has 2 rings (SSSR count). The van der Waals surface area contributed by atoms with Crippen LogP contribution in [0, 0.1) is 17.8 Å². The topological polar surface area (TPSA) is 50.4 Å². The van der Waals surface area contributed by atoms with E-state index in [1.165, 1.54) is 0 Å². The third kappa shape index (κ3) is 2.62. The zero-order chi connectivity index (χ0) is 11.1. The smallest absolute Gasteiger partial charge is 0.407 e. The Hall–Kier alpha value is -0.770. The molecule has 0 bridgehead atoms. The van der Waals surface area contributed by atoms with Crippen LogP contribution in [0.25, 0.3) is 0 Å². The molecule has 0 unspecified atom stereocenters. The summed E-state index contributed by atoms with van der Waals surface area (Å²) in [4.78, 5) is 11.4. The summed E-state index contributed by atoms with van der Waals surface area (Å²) < 4.78 is 5.17. The second kappa shape index (κ2) is 3.67. The molecule has 1 amide bonds. The van der Waals surface area contributed by atoms with Crippen LogP contribution in [0.2, 0.25) is 0 Å². The fourth-order valence-electron chi connectivity index (χ4n) is 2.36. The normalized spacial score (nSPS) is 33.4. The second-order valence-corrected chi connectivity index (χ2v) is 5.53. The number of nitrogens with one attached hydrogen (secondary N) is 2. The SMILES string of the molecule is CC(C)(C)OC(=O)NC[C@H]1[C@@H]2CNC[C@@H]21. The fraction of sp³-hybridized carbons (Fsp3) is 0.909. The predicted molar refractivity (Wildman–Crippen MR) is 57.6 cm³/mol. The first-order chi connectivity index (χ1) is 6.97. The molecule has 0 aromatic heterocycles. The first kappa shape index (κ1) is 10.7. The van der Waals surface area contributed by atoms with Gasteiger partial charge in [0.15, 0.2) is 0 Å². The molecule has 1 aliphatic carbocycles. The second-order valence-electron chi connectivity index (χ2n) is 5.53. The third-order valence-electron chi connectivity index (χ3n) is 3.15. The van der Waals surface area contributed by atoms with Gasteiger partial charge in [-0.05, 0) is 51.6 Å². The van der Waals surface area contributed by atoms with Gasteiger partial charge in [-0.15, -0.1) is 0 Å². The number of piperidine rings is 1. The van der Waals surface area contributed by atoms with Gasteiger partial charge in [0, 0.05) is 6.54 Å². The molecule has 0 radical (unpaired) electrons. The third-order valence-corrected chi connectivity index (χ3v) is 3.15. The van der Waals surface area contributed by atoms with Crippen LogP contribution in [0.15, 0.2) is 0 Å². The first-order valence-corrected chi connectivity index (χ1v) is 5.65. The number of amides is 1. The van der Waals surface area contributed by atoms with Crippen molar-refractivity contribution in [1.82, 2.24) is 10.6 Å². The number of hydrogen-bond acceptors (Lipinski definition) is 3. The van der Waals surface area contributed by atoms with E-state index in [9.17, 15) is 4.79 Å². The van der Waals surface area contributed by atoms with E-state index in [4.69, 9.17) is 4.74 Å². The molecule has 0 aromatic rings. The van der Waals surface area contributed by atoms with E-state index in [0.717, 1.165) is 31.5 Å². The van der Waals surface area contributed by atoms with Crippen LogP contribution in [-0.2, 0) is 4.74 Å². The highest BCUT2D eigenvalue weighted by atomic mass is 16.6. The minimum Gasteiger partial charge on any atom is -0.444 e. The number of fused-ring (bicyclic) bond motifs is 1. The lowest BCUT2D eigenvalue weighted by Gasteiger charge is -2.19. The summed E-state index contributed by atoms with van der Waals surface area (Å²) >= 11 is 0. The van der Waals surface area contributed by atoms with Gasteiger partial charge in [0.25, 0.3) is 0 Å². The highest BCUT2D eigenvalue weighted by Crippen LogP contribution is 2.47. The van der Waals surface area contributed by atoms with Gasteiger partial charge in [-0.2, -0.15) is 0 Å². The largest absolute Gasteiger partial charge is 0.444 e. The highest BCUT2D eigenvalue weighted by Gasteiger charge is 2.52. The van der Waals surface area contributed by atoms with Gasteiger partial charge in [0.1, 0.15) is 5.60 Å². The van der Waals surface area contributed by atoms with E-state index in [2.05, 4.69) is 10.6 Å². The lowest BCUT2D eigenvalue weighted by Crippen LogP contribution is -2.34. The van der Waals surface area contributed by atoms with Crippen molar-refractivity contribution in [3.05, 3.63) is 0 Å². The van der Waals surface area contributed by atoms with Crippen molar-refractivity contribution in [2.45, 2.75) is 26.4 Å². The average molecular weight is 212 g/mol. The van der Waals surface area contributed by atoms with Crippen molar-refractivity contribution in [1.29, 1.82) is 0 Å². The van der Waals surface area contributed by atoms with Crippen molar-refractivity contribution >= 4 is 6.09 Å². The van der Waals surface area contributed by atoms with E-state index in [1.807, 2.05) is 20.8 Å². The molecule has 2 fully saturated rings. The maximum atomic E-state index is 11.4. The highest BCUT2D eigenvalue weighted by molar-refractivity contribution is 5.67. The predicted octanol–water partition coefficient (Wildman–Crippen LogP) is 0.976. The Morgan fingerprint density at radius 3 is 2.53 bits per heavy atom. The Labute approximate surface area is 90.8 Å². The molecule has 0 aromatic carbocycles. The molecule has 1 saturated carbocycles. The Morgan fingerprint density at radius 2 is 2.00 bits per heavy atom. The van der Waals surface area contributed by atoms with E-state index in [0.29, 0.717) is 5.92 Å². The summed E-state index contributed by atoms with van der Waals surface area (Å²) in [6, 6.07) is 0. The zero-order valence-electron chi connectivity index (χ0n) is 9.67. The molecule has 4 nitrogen and oxygen atoms in total. The Morgan fingerprint density at radius 1 is 1.40 bits per heavy atom. The lowest BCUT2D eigenvalue weighted by molar-refractivity contribution is 0.0523. The number of rotatable bonds is 2. The van der Waals surface area contributed by atoms with Crippen LogP contribution in [0.4, 0.5) is 4.79 Å². The molecular formula is C11H20N2O2. The van der Waals surface area contributed by atoms with Gasteiger partial charge in [0.2, 0.25) is 0 Å². The molecule has 2 N–H and O–H groups in total. The summed E-state index contributed by atoms with van der Waals surface area (Å²) in [7, 11) is 0.